The molecule has 1 aliphatic heterocycles. The average molecular weight is 380 g/mol. The molecule has 0 aliphatic carbocycles. The highest BCUT2D eigenvalue weighted by Gasteiger charge is 2.37. The molecule has 28 heavy (non-hydrogen) atoms. The van der Waals surface area contributed by atoms with Crippen molar-refractivity contribution in [3.05, 3.63) is 65.7 Å². The summed E-state index contributed by atoms with van der Waals surface area (Å²) in [5, 5.41) is 2.89. The predicted molar refractivity (Wildman–Crippen MR) is 110 cm³/mol. The quantitative estimate of drug-likeness (QED) is 0.766. The van der Waals surface area contributed by atoms with Crippen molar-refractivity contribution < 1.29 is 14.3 Å². The van der Waals surface area contributed by atoms with E-state index in [4.69, 9.17) is 4.74 Å². The number of anilines is 1. The summed E-state index contributed by atoms with van der Waals surface area (Å²) in [6.07, 6.45) is -0.211. The molecule has 3 rings (SSSR count). The number of likely N-dealkylation sites (N-methyl/N-ethyl adjacent to an activating group) is 1. The van der Waals surface area contributed by atoms with Gasteiger partial charge in [0.2, 0.25) is 5.91 Å². The number of carbonyl (C=O) groups is 2. The van der Waals surface area contributed by atoms with Crippen LogP contribution in [0.15, 0.2) is 54.6 Å². The summed E-state index contributed by atoms with van der Waals surface area (Å²) in [6, 6.07) is 17.0. The highest BCUT2D eigenvalue weighted by molar-refractivity contribution is 5.94. The van der Waals surface area contributed by atoms with Crippen molar-refractivity contribution in [1.29, 1.82) is 0 Å². The summed E-state index contributed by atoms with van der Waals surface area (Å²) in [5.41, 5.74) is 2.93. The van der Waals surface area contributed by atoms with Crippen LogP contribution in [-0.2, 0) is 14.3 Å². The Morgan fingerprint density at radius 3 is 2.43 bits per heavy atom. The van der Waals surface area contributed by atoms with E-state index in [-0.39, 0.29) is 24.4 Å². The Morgan fingerprint density at radius 2 is 1.82 bits per heavy atom. The van der Waals surface area contributed by atoms with Crippen LogP contribution in [0.1, 0.15) is 50.3 Å². The molecule has 1 amide bonds. The lowest BCUT2D eigenvalue weighted by atomic mass is 10.0. The van der Waals surface area contributed by atoms with E-state index < -0.39 is 6.04 Å². The van der Waals surface area contributed by atoms with Crippen LogP contribution in [0, 0.1) is 0 Å². The maximum atomic E-state index is 12.6. The van der Waals surface area contributed by atoms with Gasteiger partial charge in [-0.2, -0.15) is 0 Å². The van der Waals surface area contributed by atoms with Crippen molar-refractivity contribution in [3.63, 3.8) is 0 Å². The van der Waals surface area contributed by atoms with Crippen molar-refractivity contribution >= 4 is 17.6 Å². The van der Waals surface area contributed by atoms with Gasteiger partial charge < -0.3 is 10.1 Å². The predicted octanol–water partition coefficient (Wildman–Crippen LogP) is 4.13. The molecule has 0 spiro atoms. The van der Waals surface area contributed by atoms with Crippen molar-refractivity contribution in [2.45, 2.75) is 45.3 Å². The number of rotatable bonds is 6. The van der Waals surface area contributed by atoms with Gasteiger partial charge in [0.15, 0.2) is 0 Å². The van der Waals surface area contributed by atoms with E-state index in [1.54, 1.807) is 0 Å². The molecule has 2 aromatic rings. The van der Waals surface area contributed by atoms with Gasteiger partial charge >= 0.3 is 5.97 Å². The molecule has 5 nitrogen and oxygen atoms in total. The van der Waals surface area contributed by atoms with Gasteiger partial charge in [0.1, 0.15) is 12.1 Å². The minimum Gasteiger partial charge on any atom is -0.455 e. The van der Waals surface area contributed by atoms with Crippen molar-refractivity contribution in [1.82, 2.24) is 4.90 Å². The lowest BCUT2D eigenvalue weighted by Crippen LogP contribution is -2.51. The van der Waals surface area contributed by atoms with Crippen LogP contribution in [0.4, 0.5) is 5.69 Å². The topological polar surface area (TPSA) is 58.6 Å². The third kappa shape index (κ3) is 4.78. The lowest BCUT2D eigenvalue weighted by Gasteiger charge is -2.37. The van der Waals surface area contributed by atoms with Crippen molar-refractivity contribution in [3.8, 4) is 0 Å². The first-order chi connectivity index (χ1) is 13.5. The molecule has 1 saturated heterocycles. The van der Waals surface area contributed by atoms with Gasteiger partial charge in [0.05, 0.1) is 6.42 Å². The lowest BCUT2D eigenvalue weighted by molar-refractivity contribution is -0.168. The van der Waals surface area contributed by atoms with E-state index in [9.17, 15) is 9.59 Å². The molecule has 1 heterocycles. The third-order valence-corrected chi connectivity index (χ3v) is 5.19. The Labute approximate surface area is 166 Å². The van der Waals surface area contributed by atoms with E-state index in [1.165, 1.54) is 5.56 Å². The maximum Gasteiger partial charge on any atom is 0.324 e. The SMILES string of the molecule is CCN1CC(c2ccccc2)OC(=O)C1CC(=O)Nc1ccc(C(C)C)cc1. The Hall–Kier alpha value is -2.66. The second-order valence-corrected chi connectivity index (χ2v) is 7.47. The number of benzene rings is 2. The van der Waals surface area contributed by atoms with Gasteiger partial charge in [-0.15, -0.1) is 0 Å². The highest BCUT2D eigenvalue weighted by Crippen LogP contribution is 2.27. The minimum atomic E-state index is -0.556. The van der Waals surface area contributed by atoms with Crippen LogP contribution in [0.5, 0.6) is 0 Å². The van der Waals surface area contributed by atoms with Crippen LogP contribution in [0.25, 0.3) is 0 Å². The Bertz CT molecular complexity index is 802. The summed E-state index contributed by atoms with van der Waals surface area (Å²) in [7, 11) is 0. The van der Waals surface area contributed by atoms with E-state index in [2.05, 4.69) is 19.2 Å². The third-order valence-electron chi connectivity index (χ3n) is 5.19. The summed E-state index contributed by atoms with van der Waals surface area (Å²) in [5.74, 6) is -0.0828. The van der Waals surface area contributed by atoms with Gasteiger partial charge in [-0.3, -0.25) is 14.5 Å². The van der Waals surface area contributed by atoms with E-state index in [0.717, 1.165) is 11.3 Å². The van der Waals surface area contributed by atoms with Crippen LogP contribution in [-0.4, -0.2) is 35.9 Å². The van der Waals surface area contributed by atoms with Crippen LogP contribution in [0.2, 0.25) is 0 Å². The second kappa shape index (κ2) is 9.02. The molecule has 1 aliphatic rings. The van der Waals surface area contributed by atoms with E-state index >= 15 is 0 Å². The van der Waals surface area contributed by atoms with Gasteiger partial charge in [0.25, 0.3) is 0 Å². The van der Waals surface area contributed by atoms with Crippen molar-refractivity contribution in [2.24, 2.45) is 0 Å². The molecule has 1 fully saturated rings. The number of esters is 1. The molecule has 148 valence electrons. The summed E-state index contributed by atoms with van der Waals surface area (Å²) in [4.78, 5) is 27.1. The molecular weight excluding hydrogens is 352 g/mol. The fourth-order valence-corrected chi connectivity index (χ4v) is 3.49. The summed E-state index contributed by atoms with van der Waals surface area (Å²) < 4.78 is 5.65. The molecule has 0 aromatic heterocycles. The molecule has 2 atom stereocenters. The zero-order chi connectivity index (χ0) is 20.1. The second-order valence-electron chi connectivity index (χ2n) is 7.47. The monoisotopic (exact) mass is 380 g/mol. The largest absolute Gasteiger partial charge is 0.455 e. The number of amides is 1. The van der Waals surface area contributed by atoms with Gasteiger partial charge in [-0.1, -0.05) is 63.2 Å². The number of ether oxygens (including phenoxy) is 1. The van der Waals surface area contributed by atoms with Gasteiger partial charge in [-0.05, 0) is 35.7 Å². The fraction of sp³-hybridized carbons (Fsp3) is 0.391. The first-order valence-electron chi connectivity index (χ1n) is 9.87. The standard InChI is InChI=1S/C23H28N2O3/c1-4-25-15-21(18-8-6-5-7-9-18)28-23(27)20(25)14-22(26)24-19-12-10-17(11-13-19)16(2)3/h5-13,16,20-21H,4,14-15H2,1-3H3,(H,24,26). The summed E-state index contributed by atoms with van der Waals surface area (Å²) in [6.45, 7) is 7.53. The van der Waals surface area contributed by atoms with Crippen LogP contribution in [0.3, 0.4) is 0 Å². The summed E-state index contributed by atoms with van der Waals surface area (Å²) >= 11 is 0. The maximum absolute atomic E-state index is 12.6. The number of nitrogens with zero attached hydrogens (tertiary/aromatic N) is 1. The molecular formula is C23H28N2O3. The molecule has 5 heteroatoms. The first-order valence-corrected chi connectivity index (χ1v) is 9.87. The van der Waals surface area contributed by atoms with Crippen molar-refractivity contribution in [2.75, 3.05) is 18.4 Å². The Morgan fingerprint density at radius 1 is 1.14 bits per heavy atom. The number of cyclic esters (lactones) is 1. The minimum absolute atomic E-state index is 0.0834. The van der Waals surface area contributed by atoms with Crippen LogP contribution >= 0.6 is 0 Å². The number of morpholine rings is 1. The number of hydrogen-bond acceptors (Lipinski definition) is 4. The van der Waals surface area contributed by atoms with Gasteiger partial charge in [-0.25, -0.2) is 0 Å². The zero-order valence-electron chi connectivity index (χ0n) is 16.7. The van der Waals surface area contributed by atoms with Crippen LogP contribution < -0.4 is 5.32 Å². The fourth-order valence-electron chi connectivity index (χ4n) is 3.49. The average Bonchev–Trinajstić information content (AvgIpc) is 2.70. The zero-order valence-corrected chi connectivity index (χ0v) is 16.7. The molecule has 0 bridgehead atoms. The van der Waals surface area contributed by atoms with E-state index in [1.807, 2.05) is 66.4 Å². The number of carbonyl (C=O) groups excluding carboxylic acids is 2. The molecule has 2 aromatic carbocycles. The molecule has 1 N–H and O–H groups in total. The first kappa shape index (κ1) is 20.1. The molecule has 0 saturated carbocycles. The smallest absolute Gasteiger partial charge is 0.324 e. The van der Waals surface area contributed by atoms with E-state index in [0.29, 0.717) is 19.0 Å². The number of hydrogen-bond donors (Lipinski definition) is 1. The molecule has 2 unspecified atom stereocenters. The van der Waals surface area contributed by atoms with Gasteiger partial charge in [0, 0.05) is 12.2 Å². The Balaban J connectivity index is 1.62. The highest BCUT2D eigenvalue weighted by atomic mass is 16.5. The Kier molecular flexibility index (Phi) is 6.47. The normalized spacial score (nSPS) is 20.1. The molecule has 0 radical (unpaired) electrons. The number of nitrogens with one attached hydrogen (secondary N) is 1.